The summed E-state index contributed by atoms with van der Waals surface area (Å²) in [5.41, 5.74) is -0.198. The fourth-order valence-corrected chi connectivity index (χ4v) is 4.45. The predicted molar refractivity (Wildman–Crippen MR) is 111 cm³/mol. The maximum Gasteiger partial charge on any atom is 0.433 e. The molecular formula is C23H23F3N4O. The van der Waals surface area contributed by atoms with Crippen molar-refractivity contribution in [1.29, 1.82) is 0 Å². The second-order valence-corrected chi connectivity index (χ2v) is 8.92. The van der Waals surface area contributed by atoms with Crippen LogP contribution in [-0.2, 0) is 16.4 Å². The Balaban J connectivity index is 1.45. The van der Waals surface area contributed by atoms with Crippen molar-refractivity contribution in [3.8, 4) is 0 Å². The Morgan fingerprint density at radius 1 is 1.00 bits per heavy atom. The second kappa shape index (κ2) is 6.80. The van der Waals surface area contributed by atoms with Crippen molar-refractivity contribution >= 4 is 17.4 Å². The Morgan fingerprint density at radius 3 is 2.29 bits per heavy atom. The molecule has 1 saturated heterocycles. The number of para-hydroxylation sites is 1. The maximum absolute atomic E-state index is 13.2. The molecule has 1 amide bonds. The van der Waals surface area contributed by atoms with Crippen LogP contribution in [0.3, 0.4) is 0 Å². The van der Waals surface area contributed by atoms with Crippen molar-refractivity contribution in [3.63, 3.8) is 0 Å². The van der Waals surface area contributed by atoms with E-state index in [4.69, 9.17) is 4.99 Å². The minimum absolute atomic E-state index is 0.179. The molecule has 1 aliphatic carbocycles. The van der Waals surface area contributed by atoms with Gasteiger partial charge in [-0.2, -0.15) is 13.2 Å². The molecule has 3 heterocycles. The molecule has 0 radical (unpaired) electrons. The van der Waals surface area contributed by atoms with Crippen LogP contribution in [-0.4, -0.2) is 35.4 Å². The first kappa shape index (κ1) is 20.0. The van der Waals surface area contributed by atoms with E-state index in [1.54, 1.807) is 0 Å². The van der Waals surface area contributed by atoms with E-state index >= 15 is 0 Å². The number of rotatable bonds is 3. The first-order valence-corrected chi connectivity index (χ1v) is 10.5. The van der Waals surface area contributed by atoms with Crippen molar-refractivity contribution in [2.45, 2.75) is 49.7 Å². The minimum Gasteiger partial charge on any atom is -0.371 e. The zero-order valence-corrected chi connectivity index (χ0v) is 17.2. The topological polar surface area (TPSA) is 57.6 Å². The summed E-state index contributed by atoms with van der Waals surface area (Å²) in [5.74, 6) is 0.171. The van der Waals surface area contributed by atoms with Gasteiger partial charge in [-0.25, -0.2) is 4.98 Å². The highest BCUT2D eigenvalue weighted by Gasteiger charge is 2.49. The fourth-order valence-electron chi connectivity index (χ4n) is 4.45. The Hall–Kier alpha value is -2.90. The number of benzene rings is 1. The number of hydrogen-bond acceptors (Lipinski definition) is 4. The Kier molecular flexibility index (Phi) is 4.39. The standard InChI is InChI=1S/C23H23F3N4O/c1-21(9-10-21)18-16(7-8-17(27-18)23(24,25)26)19-28-20(31)22(29-19)11-13-30(14-12-22)15-5-3-2-4-6-15/h2-8H,9-14H2,1H3,(H,28,29,31). The number of aromatic nitrogens is 1. The summed E-state index contributed by atoms with van der Waals surface area (Å²) < 4.78 is 39.7. The first-order chi connectivity index (χ1) is 14.7. The van der Waals surface area contributed by atoms with Crippen molar-refractivity contribution in [2.75, 3.05) is 18.0 Å². The Labute approximate surface area is 178 Å². The monoisotopic (exact) mass is 428 g/mol. The molecule has 1 saturated carbocycles. The molecule has 1 aromatic heterocycles. The molecule has 1 aromatic carbocycles. The van der Waals surface area contributed by atoms with Gasteiger partial charge in [0.25, 0.3) is 5.91 Å². The number of nitrogens with one attached hydrogen (secondary N) is 1. The van der Waals surface area contributed by atoms with Crippen LogP contribution in [0.25, 0.3) is 0 Å². The number of halogens is 3. The number of amidine groups is 1. The number of alkyl halides is 3. The number of carbonyl (C=O) groups excluding carboxylic acids is 1. The van der Waals surface area contributed by atoms with E-state index in [0.717, 1.165) is 24.6 Å². The van der Waals surface area contributed by atoms with Crippen LogP contribution < -0.4 is 10.2 Å². The highest BCUT2D eigenvalue weighted by Crippen LogP contribution is 2.49. The fraction of sp³-hybridized carbons (Fsp3) is 0.435. The predicted octanol–water partition coefficient (Wildman–Crippen LogP) is 4.07. The van der Waals surface area contributed by atoms with Gasteiger partial charge in [0.05, 0.1) is 5.69 Å². The molecule has 1 N–H and O–H groups in total. The molecule has 0 atom stereocenters. The van der Waals surface area contributed by atoms with E-state index in [9.17, 15) is 18.0 Å². The zero-order valence-electron chi connectivity index (χ0n) is 17.2. The van der Waals surface area contributed by atoms with Gasteiger partial charge in [-0.05, 0) is 49.9 Å². The third kappa shape index (κ3) is 3.47. The highest BCUT2D eigenvalue weighted by atomic mass is 19.4. The Bertz CT molecular complexity index is 1050. The average molecular weight is 428 g/mol. The number of pyridine rings is 1. The number of amides is 1. The largest absolute Gasteiger partial charge is 0.433 e. The second-order valence-electron chi connectivity index (χ2n) is 8.92. The van der Waals surface area contributed by atoms with E-state index in [0.29, 0.717) is 43.0 Å². The molecule has 8 heteroatoms. The summed E-state index contributed by atoms with van der Waals surface area (Å²) in [6.07, 6.45) is -1.86. The van der Waals surface area contributed by atoms with E-state index in [-0.39, 0.29) is 5.91 Å². The van der Waals surface area contributed by atoms with Gasteiger partial charge in [0.15, 0.2) is 0 Å². The smallest absolute Gasteiger partial charge is 0.371 e. The van der Waals surface area contributed by atoms with Crippen LogP contribution in [0.2, 0.25) is 0 Å². The molecule has 2 aromatic rings. The normalized spacial score (nSPS) is 21.7. The molecule has 0 unspecified atom stereocenters. The third-order valence-electron chi connectivity index (χ3n) is 6.70. The third-order valence-corrected chi connectivity index (χ3v) is 6.70. The Morgan fingerprint density at radius 2 is 1.68 bits per heavy atom. The van der Waals surface area contributed by atoms with Gasteiger partial charge in [0.2, 0.25) is 0 Å². The van der Waals surface area contributed by atoms with Crippen molar-refractivity contribution in [2.24, 2.45) is 4.99 Å². The van der Waals surface area contributed by atoms with Gasteiger partial charge in [-0.3, -0.25) is 9.79 Å². The first-order valence-electron chi connectivity index (χ1n) is 10.5. The number of aliphatic imine (C=N–C) groups is 1. The van der Waals surface area contributed by atoms with Crippen LogP contribution >= 0.6 is 0 Å². The minimum atomic E-state index is -4.51. The molecule has 3 aliphatic rings. The molecule has 0 bridgehead atoms. The summed E-state index contributed by atoms with van der Waals surface area (Å²) in [5, 5.41) is 2.86. The van der Waals surface area contributed by atoms with Gasteiger partial charge >= 0.3 is 6.18 Å². The van der Waals surface area contributed by atoms with Crippen LogP contribution in [0, 0.1) is 0 Å². The van der Waals surface area contributed by atoms with Gasteiger partial charge in [0.1, 0.15) is 17.1 Å². The molecular weight excluding hydrogens is 405 g/mol. The van der Waals surface area contributed by atoms with Crippen molar-refractivity contribution in [1.82, 2.24) is 10.3 Å². The molecule has 2 aliphatic heterocycles. The molecule has 5 nitrogen and oxygen atoms in total. The van der Waals surface area contributed by atoms with Crippen molar-refractivity contribution in [3.05, 3.63) is 59.4 Å². The van der Waals surface area contributed by atoms with Gasteiger partial charge in [-0.1, -0.05) is 25.1 Å². The lowest BCUT2D eigenvalue weighted by molar-refractivity contribution is -0.141. The lowest BCUT2D eigenvalue weighted by Crippen LogP contribution is -2.49. The SMILES string of the molecule is CC1(c2nc(C(F)(F)F)ccc2C2=NC3(CCN(c4ccccc4)CC3)C(=O)N2)CC1. The number of nitrogens with zero attached hydrogens (tertiary/aromatic N) is 3. The van der Waals surface area contributed by atoms with Crippen LogP contribution in [0.4, 0.5) is 18.9 Å². The summed E-state index contributed by atoms with van der Waals surface area (Å²) >= 11 is 0. The van der Waals surface area contributed by atoms with Crippen LogP contribution in [0.5, 0.6) is 0 Å². The highest BCUT2D eigenvalue weighted by molar-refractivity contribution is 6.16. The summed E-state index contributed by atoms with van der Waals surface area (Å²) in [7, 11) is 0. The zero-order chi connectivity index (χ0) is 21.9. The van der Waals surface area contributed by atoms with Gasteiger partial charge in [0, 0.05) is 29.8 Å². The number of piperidine rings is 1. The maximum atomic E-state index is 13.2. The average Bonchev–Trinajstić information content (AvgIpc) is 3.44. The number of hydrogen-bond donors (Lipinski definition) is 1. The van der Waals surface area contributed by atoms with Crippen LogP contribution in [0.1, 0.15) is 49.6 Å². The lowest BCUT2D eigenvalue weighted by Gasteiger charge is -2.36. The summed E-state index contributed by atoms with van der Waals surface area (Å²) in [6, 6.07) is 12.4. The van der Waals surface area contributed by atoms with E-state index in [1.807, 2.05) is 37.3 Å². The van der Waals surface area contributed by atoms with Crippen molar-refractivity contribution < 1.29 is 18.0 Å². The lowest BCUT2D eigenvalue weighted by atomic mass is 9.88. The molecule has 31 heavy (non-hydrogen) atoms. The van der Waals surface area contributed by atoms with E-state index < -0.39 is 22.8 Å². The van der Waals surface area contributed by atoms with E-state index in [1.165, 1.54) is 6.07 Å². The van der Waals surface area contributed by atoms with E-state index in [2.05, 4.69) is 15.2 Å². The quantitative estimate of drug-likeness (QED) is 0.802. The van der Waals surface area contributed by atoms with Gasteiger partial charge in [-0.15, -0.1) is 0 Å². The molecule has 2 fully saturated rings. The molecule has 1 spiro atoms. The summed E-state index contributed by atoms with van der Waals surface area (Å²) in [6.45, 7) is 3.28. The summed E-state index contributed by atoms with van der Waals surface area (Å²) in [4.78, 5) is 23.9. The molecule has 5 rings (SSSR count). The number of anilines is 1. The van der Waals surface area contributed by atoms with Gasteiger partial charge < -0.3 is 10.2 Å². The van der Waals surface area contributed by atoms with Crippen LogP contribution in [0.15, 0.2) is 47.5 Å². The number of carbonyl (C=O) groups is 1. The molecule has 162 valence electrons.